The van der Waals surface area contributed by atoms with Crippen LogP contribution in [0.4, 0.5) is 0 Å². The molecule has 32 heavy (non-hydrogen) atoms. The van der Waals surface area contributed by atoms with E-state index >= 15 is 0 Å². The van der Waals surface area contributed by atoms with Crippen LogP contribution in [0.3, 0.4) is 0 Å². The van der Waals surface area contributed by atoms with Crippen LogP contribution in [0.5, 0.6) is 0 Å². The molecule has 4 rings (SSSR count). The third-order valence-corrected chi connectivity index (χ3v) is 15.3. The summed E-state index contributed by atoms with van der Waals surface area (Å²) in [5.74, 6) is 0. The van der Waals surface area contributed by atoms with Crippen molar-refractivity contribution in [3.05, 3.63) is 121 Å². The highest BCUT2D eigenvalue weighted by atomic mass is 79.9. The van der Waals surface area contributed by atoms with E-state index in [4.69, 9.17) is 0 Å². The van der Waals surface area contributed by atoms with Gasteiger partial charge in [-0.25, -0.2) is 0 Å². The van der Waals surface area contributed by atoms with Crippen LogP contribution < -0.4 is 21.2 Å². The molecule has 0 aliphatic rings. The first-order valence-corrected chi connectivity index (χ1v) is 15.1. The van der Waals surface area contributed by atoms with E-state index < -0.39 is 15.8 Å². The van der Waals surface area contributed by atoms with E-state index in [1.807, 2.05) is 0 Å². The summed E-state index contributed by atoms with van der Waals surface area (Å²) >= 11 is 8.61. The molecule has 0 N–H and O–H groups in total. The van der Waals surface area contributed by atoms with Crippen LogP contribution in [0.15, 0.2) is 121 Å². The lowest BCUT2D eigenvalue weighted by Gasteiger charge is -2.42. The van der Waals surface area contributed by atoms with E-state index in [1.165, 1.54) is 21.2 Å². The molecule has 0 saturated heterocycles. The molecule has 4 heteroatoms. The minimum Gasteiger partial charge on any atom is -0.0661 e. The smallest absolute Gasteiger partial charge is 0.0661 e. The molecule has 0 bridgehead atoms. The van der Waals surface area contributed by atoms with Gasteiger partial charge >= 0.3 is 0 Å². The minimum absolute atomic E-state index is 0.260. The summed E-state index contributed by atoms with van der Waals surface area (Å²) in [6, 6.07) is 44.0. The Morgan fingerprint density at radius 3 is 1.19 bits per heavy atom. The maximum atomic E-state index is 4.31. The Balaban J connectivity index is 1.87. The molecule has 0 heterocycles. The molecule has 0 aromatic heterocycles. The van der Waals surface area contributed by atoms with Gasteiger partial charge in [-0.15, -0.1) is 0 Å². The summed E-state index contributed by atoms with van der Waals surface area (Å²) < 4.78 is -0.260. The maximum Gasteiger partial charge on any atom is 0.115 e. The van der Waals surface area contributed by atoms with Gasteiger partial charge in [-0.1, -0.05) is 160 Å². The van der Waals surface area contributed by atoms with Gasteiger partial charge in [-0.3, -0.25) is 0 Å². The Morgan fingerprint density at radius 1 is 0.562 bits per heavy atom. The second-order valence-electron chi connectivity index (χ2n) is 7.56. The largest absolute Gasteiger partial charge is 0.115 e. The van der Waals surface area contributed by atoms with Crippen molar-refractivity contribution >= 4 is 68.9 Å². The quantitative estimate of drug-likeness (QED) is 0.149. The highest BCUT2D eigenvalue weighted by Gasteiger charge is 2.46. The van der Waals surface area contributed by atoms with Crippen LogP contribution in [0.1, 0.15) is 13.3 Å². The molecular weight excluding hydrogens is 558 g/mol. The molecule has 0 saturated carbocycles. The van der Waals surface area contributed by atoms with Crippen molar-refractivity contribution in [3.8, 4) is 0 Å². The van der Waals surface area contributed by atoms with Crippen LogP contribution in [-0.4, -0.2) is 8.63 Å². The summed E-state index contributed by atoms with van der Waals surface area (Å²) in [7, 11) is -1.30. The molecule has 0 aliphatic heterocycles. The molecule has 0 amide bonds. The third-order valence-electron chi connectivity index (χ3n) is 5.49. The van der Waals surface area contributed by atoms with Crippen molar-refractivity contribution in [2.45, 2.75) is 22.0 Å². The maximum absolute atomic E-state index is 4.31. The van der Waals surface area contributed by atoms with Crippen LogP contribution >= 0.6 is 47.7 Å². The molecule has 4 aromatic rings. The molecular formula is C28H26Br2P2. The van der Waals surface area contributed by atoms with Crippen molar-refractivity contribution in [2.75, 3.05) is 0 Å². The van der Waals surface area contributed by atoms with E-state index in [1.54, 1.807) is 0 Å². The average molecular weight is 584 g/mol. The summed E-state index contributed by atoms with van der Waals surface area (Å²) in [6.07, 6.45) is 1.06. The Kier molecular flexibility index (Phi) is 8.36. The molecule has 0 nitrogen and oxygen atoms in total. The van der Waals surface area contributed by atoms with Gasteiger partial charge in [0.25, 0.3) is 0 Å². The van der Waals surface area contributed by atoms with Gasteiger partial charge in [0.1, 0.15) is 2.97 Å². The zero-order valence-electron chi connectivity index (χ0n) is 18.0. The second kappa shape index (κ2) is 11.2. The number of alkyl halides is 2. The van der Waals surface area contributed by atoms with Gasteiger partial charge in [-0.2, -0.15) is 0 Å². The molecule has 0 radical (unpaired) electrons. The van der Waals surface area contributed by atoms with Crippen LogP contribution in [0.2, 0.25) is 0 Å². The SMILES string of the molecule is CCC(P(c1ccccc1)c1ccccc1)C(Br)(Br)P(c1ccccc1)c1ccccc1. The Morgan fingerprint density at radius 2 is 0.875 bits per heavy atom. The molecule has 0 aliphatic carbocycles. The summed E-state index contributed by atoms with van der Waals surface area (Å²) in [6.45, 7) is 2.33. The number of benzene rings is 4. The molecule has 1 unspecified atom stereocenters. The zero-order valence-corrected chi connectivity index (χ0v) is 22.9. The molecule has 162 valence electrons. The number of hydrogen-bond donors (Lipinski definition) is 0. The van der Waals surface area contributed by atoms with Gasteiger partial charge in [-0.05, 0) is 43.5 Å². The van der Waals surface area contributed by atoms with Gasteiger partial charge < -0.3 is 0 Å². The van der Waals surface area contributed by atoms with Gasteiger partial charge in [0.05, 0.1) is 0 Å². The summed E-state index contributed by atoms with van der Waals surface area (Å²) in [4.78, 5) is 0. The number of hydrogen-bond acceptors (Lipinski definition) is 0. The van der Waals surface area contributed by atoms with E-state index in [0.717, 1.165) is 6.42 Å². The molecule has 1 atom stereocenters. The van der Waals surface area contributed by atoms with E-state index in [2.05, 4.69) is 160 Å². The van der Waals surface area contributed by atoms with E-state index in [9.17, 15) is 0 Å². The first kappa shape index (κ1) is 23.8. The standard InChI is InChI=1S/C28H26Br2P2/c1-2-27(31(23-15-7-3-8-16-23)24-17-9-4-10-18-24)28(29,30)32(25-19-11-5-12-20-25)26-21-13-6-14-22-26/h3-22,27H,2H2,1H3. The highest BCUT2D eigenvalue weighted by Crippen LogP contribution is 2.65. The van der Waals surface area contributed by atoms with E-state index in [0.29, 0.717) is 5.66 Å². The fourth-order valence-electron chi connectivity index (χ4n) is 4.07. The predicted molar refractivity (Wildman–Crippen MR) is 153 cm³/mol. The van der Waals surface area contributed by atoms with Crippen molar-refractivity contribution in [2.24, 2.45) is 0 Å². The Hall–Kier alpha value is -1.30. The normalized spacial score (nSPS) is 12.8. The summed E-state index contributed by atoms with van der Waals surface area (Å²) in [5.41, 5.74) is 0.383. The fourth-order valence-corrected chi connectivity index (χ4v) is 14.2. The third kappa shape index (κ3) is 5.26. The Bertz CT molecular complexity index is 1010. The minimum atomic E-state index is -0.703. The monoisotopic (exact) mass is 582 g/mol. The molecule has 0 spiro atoms. The van der Waals surface area contributed by atoms with Crippen LogP contribution in [-0.2, 0) is 0 Å². The molecule has 4 aromatic carbocycles. The van der Waals surface area contributed by atoms with Crippen molar-refractivity contribution in [1.29, 1.82) is 0 Å². The lowest BCUT2D eigenvalue weighted by molar-refractivity contribution is 0.867. The zero-order chi connectivity index (χ0) is 22.4. The summed E-state index contributed by atoms with van der Waals surface area (Å²) in [5, 5.41) is 5.58. The van der Waals surface area contributed by atoms with Gasteiger partial charge in [0.2, 0.25) is 0 Å². The number of halogens is 2. The lowest BCUT2D eigenvalue weighted by atomic mass is 10.3. The fraction of sp³-hybridized carbons (Fsp3) is 0.143. The van der Waals surface area contributed by atoms with Gasteiger partial charge in [0, 0.05) is 5.66 Å². The van der Waals surface area contributed by atoms with Crippen LogP contribution in [0, 0.1) is 0 Å². The lowest BCUT2D eigenvalue weighted by Crippen LogP contribution is -2.37. The van der Waals surface area contributed by atoms with Gasteiger partial charge in [0.15, 0.2) is 0 Å². The second-order valence-corrected chi connectivity index (χ2v) is 17.2. The highest BCUT2D eigenvalue weighted by molar-refractivity contribution is 9.27. The Labute approximate surface area is 211 Å². The van der Waals surface area contributed by atoms with Crippen molar-refractivity contribution in [1.82, 2.24) is 0 Å². The molecule has 0 fully saturated rings. The van der Waals surface area contributed by atoms with Crippen LogP contribution in [0.25, 0.3) is 0 Å². The van der Waals surface area contributed by atoms with Crippen molar-refractivity contribution in [3.63, 3.8) is 0 Å². The van der Waals surface area contributed by atoms with E-state index in [-0.39, 0.29) is 2.97 Å². The predicted octanol–water partition coefficient (Wildman–Crippen LogP) is 7.47. The first-order chi connectivity index (χ1) is 15.6. The number of rotatable bonds is 8. The first-order valence-electron chi connectivity index (χ1n) is 10.8. The van der Waals surface area contributed by atoms with Crippen molar-refractivity contribution < 1.29 is 0 Å². The average Bonchev–Trinajstić information content (AvgIpc) is 2.84. The topological polar surface area (TPSA) is 0 Å².